The van der Waals surface area contributed by atoms with E-state index < -0.39 is 0 Å². The van der Waals surface area contributed by atoms with E-state index in [1.807, 2.05) is 36.1 Å². The van der Waals surface area contributed by atoms with Crippen LogP contribution in [0.15, 0.2) is 41.4 Å². The molecule has 5 heteroatoms. The minimum atomic E-state index is -0.148. The molecule has 2 rings (SSSR count). The zero-order chi connectivity index (χ0) is 14.4. The zero-order valence-electron chi connectivity index (χ0n) is 11.8. The van der Waals surface area contributed by atoms with Crippen molar-refractivity contribution >= 4 is 11.8 Å². The van der Waals surface area contributed by atoms with Crippen molar-refractivity contribution in [2.75, 3.05) is 12.3 Å². The molecule has 0 saturated heterocycles. The molecule has 1 N–H and O–H groups in total. The molecule has 0 fully saturated rings. The molecular weight excluding hydrogens is 273 g/mol. The molecule has 1 heterocycles. The average molecular weight is 293 g/mol. The van der Waals surface area contributed by atoms with Crippen molar-refractivity contribution in [3.05, 3.63) is 48.0 Å². The van der Waals surface area contributed by atoms with Gasteiger partial charge >= 0.3 is 0 Å². The predicted octanol–water partition coefficient (Wildman–Crippen LogP) is 2.87. The van der Waals surface area contributed by atoms with Gasteiger partial charge in [0, 0.05) is 36.4 Å². The number of hydrogen-bond donors (Lipinski definition) is 1. The second-order valence-electron chi connectivity index (χ2n) is 4.68. The molecule has 0 bridgehead atoms. The fourth-order valence-corrected chi connectivity index (χ4v) is 3.05. The maximum absolute atomic E-state index is 13.6. The highest BCUT2D eigenvalue weighted by atomic mass is 32.2. The van der Waals surface area contributed by atoms with Crippen molar-refractivity contribution in [2.45, 2.75) is 24.3 Å². The lowest BCUT2D eigenvalue weighted by Gasteiger charge is -2.16. The van der Waals surface area contributed by atoms with Crippen LogP contribution in [-0.4, -0.2) is 28.1 Å². The molecule has 0 aliphatic carbocycles. The first-order valence-corrected chi connectivity index (χ1v) is 7.77. The van der Waals surface area contributed by atoms with E-state index in [9.17, 15) is 4.39 Å². The quantitative estimate of drug-likeness (QED) is 0.796. The van der Waals surface area contributed by atoms with Crippen LogP contribution in [0.3, 0.4) is 0 Å². The van der Waals surface area contributed by atoms with E-state index in [4.69, 9.17) is 0 Å². The van der Waals surface area contributed by atoms with Crippen molar-refractivity contribution in [3.63, 3.8) is 0 Å². The standard InChI is InChI=1S/C15H20FN3S/c1-3-17-13(10-12-8-9-19(2)18-12)11-20-15-7-5-4-6-14(15)16/h4-9,13,17H,3,10-11H2,1-2H3. The van der Waals surface area contributed by atoms with Gasteiger partial charge in [-0.3, -0.25) is 4.68 Å². The van der Waals surface area contributed by atoms with Crippen molar-refractivity contribution < 1.29 is 4.39 Å². The van der Waals surface area contributed by atoms with Gasteiger partial charge in [0.05, 0.1) is 5.69 Å². The molecule has 3 nitrogen and oxygen atoms in total. The van der Waals surface area contributed by atoms with E-state index in [2.05, 4.69) is 17.3 Å². The van der Waals surface area contributed by atoms with E-state index in [0.29, 0.717) is 10.9 Å². The first-order chi connectivity index (χ1) is 9.69. The Morgan fingerprint density at radius 3 is 2.80 bits per heavy atom. The molecule has 0 radical (unpaired) electrons. The van der Waals surface area contributed by atoms with Crippen LogP contribution in [0.2, 0.25) is 0 Å². The Morgan fingerprint density at radius 1 is 1.35 bits per heavy atom. The molecule has 20 heavy (non-hydrogen) atoms. The van der Waals surface area contributed by atoms with Gasteiger partial charge < -0.3 is 5.32 Å². The number of hydrogen-bond acceptors (Lipinski definition) is 3. The van der Waals surface area contributed by atoms with Gasteiger partial charge in [-0.1, -0.05) is 19.1 Å². The van der Waals surface area contributed by atoms with Crippen molar-refractivity contribution in [1.29, 1.82) is 0 Å². The van der Waals surface area contributed by atoms with Gasteiger partial charge in [0.1, 0.15) is 5.82 Å². The topological polar surface area (TPSA) is 29.9 Å². The third kappa shape index (κ3) is 4.35. The predicted molar refractivity (Wildman–Crippen MR) is 81.5 cm³/mol. The van der Waals surface area contributed by atoms with Gasteiger partial charge in [0.2, 0.25) is 0 Å². The monoisotopic (exact) mass is 293 g/mol. The second-order valence-corrected chi connectivity index (χ2v) is 5.74. The van der Waals surface area contributed by atoms with Crippen molar-refractivity contribution in [3.8, 4) is 0 Å². The van der Waals surface area contributed by atoms with Gasteiger partial charge in [0.25, 0.3) is 0 Å². The van der Waals surface area contributed by atoms with E-state index in [0.717, 1.165) is 24.4 Å². The zero-order valence-corrected chi connectivity index (χ0v) is 12.7. The molecule has 0 spiro atoms. The molecule has 0 saturated carbocycles. The molecular formula is C15H20FN3S. The Labute approximate surface area is 123 Å². The third-order valence-electron chi connectivity index (χ3n) is 2.99. The number of benzene rings is 1. The number of nitrogens with zero attached hydrogens (tertiary/aromatic N) is 2. The van der Waals surface area contributed by atoms with E-state index in [1.54, 1.807) is 17.8 Å². The molecule has 1 aromatic carbocycles. The molecule has 1 aromatic heterocycles. The number of aryl methyl sites for hydroxylation is 1. The van der Waals surface area contributed by atoms with E-state index in [-0.39, 0.29) is 5.82 Å². The van der Waals surface area contributed by atoms with Crippen LogP contribution >= 0.6 is 11.8 Å². The SMILES string of the molecule is CCNC(CSc1ccccc1F)Cc1ccn(C)n1. The van der Waals surface area contributed by atoms with Gasteiger partial charge in [-0.25, -0.2) is 4.39 Å². The lowest BCUT2D eigenvalue weighted by Crippen LogP contribution is -2.33. The Kier molecular flexibility index (Phi) is 5.61. The molecule has 108 valence electrons. The van der Waals surface area contributed by atoms with Gasteiger partial charge in [-0.15, -0.1) is 11.8 Å². The number of halogens is 1. The summed E-state index contributed by atoms with van der Waals surface area (Å²) in [6, 6.07) is 9.23. The minimum absolute atomic E-state index is 0.148. The summed E-state index contributed by atoms with van der Waals surface area (Å²) in [7, 11) is 1.92. The molecule has 1 unspecified atom stereocenters. The highest BCUT2D eigenvalue weighted by Crippen LogP contribution is 2.22. The molecule has 1 atom stereocenters. The van der Waals surface area contributed by atoms with Crippen LogP contribution in [0, 0.1) is 5.82 Å². The van der Waals surface area contributed by atoms with Crippen LogP contribution in [-0.2, 0) is 13.5 Å². The lowest BCUT2D eigenvalue weighted by molar-refractivity contribution is 0.560. The summed E-state index contributed by atoms with van der Waals surface area (Å²) in [6.07, 6.45) is 2.80. The molecule has 0 aliphatic heterocycles. The summed E-state index contributed by atoms with van der Waals surface area (Å²) in [5.41, 5.74) is 1.06. The van der Waals surface area contributed by atoms with Crippen LogP contribution in [0.25, 0.3) is 0 Å². The number of likely N-dealkylation sites (N-methyl/N-ethyl adjacent to an activating group) is 1. The molecule has 0 aliphatic rings. The second kappa shape index (κ2) is 7.45. The highest BCUT2D eigenvalue weighted by molar-refractivity contribution is 7.99. The fraction of sp³-hybridized carbons (Fsp3) is 0.400. The fourth-order valence-electron chi connectivity index (χ4n) is 2.06. The summed E-state index contributed by atoms with van der Waals surface area (Å²) in [5.74, 6) is 0.677. The number of rotatable bonds is 7. The largest absolute Gasteiger partial charge is 0.313 e. The van der Waals surface area contributed by atoms with Gasteiger partial charge in [-0.2, -0.15) is 5.10 Å². The van der Waals surface area contributed by atoms with Crippen LogP contribution in [0.4, 0.5) is 4.39 Å². The Hall–Kier alpha value is -1.33. The maximum Gasteiger partial charge on any atom is 0.136 e. The maximum atomic E-state index is 13.6. The first-order valence-electron chi connectivity index (χ1n) is 6.78. The number of aromatic nitrogens is 2. The van der Waals surface area contributed by atoms with E-state index in [1.165, 1.54) is 6.07 Å². The molecule has 2 aromatic rings. The van der Waals surface area contributed by atoms with Crippen LogP contribution < -0.4 is 5.32 Å². The smallest absolute Gasteiger partial charge is 0.136 e. The number of nitrogens with one attached hydrogen (secondary N) is 1. The summed E-state index contributed by atoms with van der Waals surface area (Å²) >= 11 is 1.55. The minimum Gasteiger partial charge on any atom is -0.313 e. The Bertz CT molecular complexity index is 541. The summed E-state index contributed by atoms with van der Waals surface area (Å²) in [5, 5.41) is 7.84. The van der Waals surface area contributed by atoms with Crippen molar-refractivity contribution in [2.24, 2.45) is 7.05 Å². The molecule has 0 amide bonds. The van der Waals surface area contributed by atoms with E-state index >= 15 is 0 Å². The Morgan fingerprint density at radius 2 is 2.15 bits per heavy atom. The normalized spacial score (nSPS) is 12.6. The number of thioether (sulfide) groups is 1. The van der Waals surface area contributed by atoms with Gasteiger partial charge in [0.15, 0.2) is 0 Å². The summed E-state index contributed by atoms with van der Waals surface area (Å²) in [6.45, 7) is 2.98. The van der Waals surface area contributed by atoms with Crippen LogP contribution in [0.5, 0.6) is 0 Å². The lowest BCUT2D eigenvalue weighted by atomic mass is 10.2. The van der Waals surface area contributed by atoms with Crippen LogP contribution in [0.1, 0.15) is 12.6 Å². The average Bonchev–Trinajstić information content (AvgIpc) is 2.83. The van der Waals surface area contributed by atoms with Crippen molar-refractivity contribution in [1.82, 2.24) is 15.1 Å². The summed E-state index contributed by atoms with van der Waals surface area (Å²) < 4.78 is 15.4. The summed E-state index contributed by atoms with van der Waals surface area (Å²) in [4.78, 5) is 0.705. The Balaban J connectivity index is 1.94. The third-order valence-corrected chi connectivity index (χ3v) is 4.20. The highest BCUT2D eigenvalue weighted by Gasteiger charge is 2.12. The van der Waals surface area contributed by atoms with Gasteiger partial charge in [-0.05, 0) is 24.7 Å². The first kappa shape index (κ1) is 15.1.